The van der Waals surface area contributed by atoms with Crippen LogP contribution in [0.3, 0.4) is 0 Å². The van der Waals surface area contributed by atoms with Crippen molar-refractivity contribution in [3.05, 3.63) is 59.9 Å². The predicted molar refractivity (Wildman–Crippen MR) is 98.3 cm³/mol. The second-order valence-electron chi connectivity index (χ2n) is 6.18. The minimum Gasteiger partial charge on any atom is -0.484 e. The molecular weight excluding hydrogens is 351 g/mol. The lowest BCUT2D eigenvalue weighted by Gasteiger charge is -2.14. The van der Waals surface area contributed by atoms with Crippen LogP contribution in [-0.2, 0) is 9.53 Å². The molecule has 1 heterocycles. The van der Waals surface area contributed by atoms with E-state index in [2.05, 4.69) is 10.6 Å². The summed E-state index contributed by atoms with van der Waals surface area (Å²) in [6.07, 6.45) is 1.97. The fourth-order valence-electron chi connectivity index (χ4n) is 2.76. The SMILES string of the molecule is O=C(COc1ccc(F)cc1)Nc1ccccc1C(=O)NC[C@@H]1CCCO1. The Hall–Kier alpha value is -2.93. The molecule has 2 amide bonds. The highest BCUT2D eigenvalue weighted by molar-refractivity contribution is 6.04. The third kappa shape index (κ3) is 5.52. The van der Waals surface area contributed by atoms with Crippen molar-refractivity contribution in [3.63, 3.8) is 0 Å². The Labute approximate surface area is 156 Å². The normalized spacial score (nSPS) is 16.0. The Kier molecular flexibility index (Phi) is 6.38. The third-order valence-electron chi connectivity index (χ3n) is 4.14. The molecule has 2 aromatic carbocycles. The molecule has 3 rings (SSSR count). The van der Waals surface area contributed by atoms with E-state index in [9.17, 15) is 14.0 Å². The van der Waals surface area contributed by atoms with E-state index in [0.29, 0.717) is 23.5 Å². The number of anilines is 1. The van der Waals surface area contributed by atoms with Crippen molar-refractivity contribution in [1.82, 2.24) is 5.32 Å². The fraction of sp³-hybridized carbons (Fsp3) is 0.300. The maximum absolute atomic E-state index is 12.9. The third-order valence-corrected chi connectivity index (χ3v) is 4.14. The van der Waals surface area contributed by atoms with Crippen molar-refractivity contribution in [1.29, 1.82) is 0 Å². The Morgan fingerprint density at radius 3 is 2.67 bits per heavy atom. The van der Waals surface area contributed by atoms with Gasteiger partial charge in [-0.15, -0.1) is 0 Å². The van der Waals surface area contributed by atoms with E-state index in [1.807, 2.05) is 0 Å². The molecule has 2 N–H and O–H groups in total. The lowest BCUT2D eigenvalue weighted by molar-refractivity contribution is -0.118. The number of nitrogens with one attached hydrogen (secondary N) is 2. The molecule has 0 unspecified atom stereocenters. The maximum Gasteiger partial charge on any atom is 0.262 e. The molecule has 1 atom stereocenters. The van der Waals surface area contributed by atoms with Gasteiger partial charge in [0.1, 0.15) is 11.6 Å². The molecule has 142 valence electrons. The first kappa shape index (κ1) is 18.8. The van der Waals surface area contributed by atoms with Crippen LogP contribution < -0.4 is 15.4 Å². The second-order valence-corrected chi connectivity index (χ2v) is 6.18. The number of halogens is 1. The van der Waals surface area contributed by atoms with E-state index < -0.39 is 5.91 Å². The van der Waals surface area contributed by atoms with Gasteiger partial charge >= 0.3 is 0 Å². The Morgan fingerprint density at radius 1 is 1.15 bits per heavy atom. The van der Waals surface area contributed by atoms with Crippen molar-refractivity contribution in [2.45, 2.75) is 18.9 Å². The molecule has 1 fully saturated rings. The summed E-state index contributed by atoms with van der Waals surface area (Å²) in [6, 6.07) is 12.1. The summed E-state index contributed by atoms with van der Waals surface area (Å²) in [7, 11) is 0. The zero-order chi connectivity index (χ0) is 19.1. The first-order valence-corrected chi connectivity index (χ1v) is 8.79. The molecule has 1 aliphatic rings. The van der Waals surface area contributed by atoms with Crippen LogP contribution in [0.5, 0.6) is 5.75 Å². The van der Waals surface area contributed by atoms with Crippen LogP contribution in [0.2, 0.25) is 0 Å². The van der Waals surface area contributed by atoms with Gasteiger partial charge in [0.25, 0.3) is 11.8 Å². The molecule has 0 radical (unpaired) electrons. The van der Waals surface area contributed by atoms with Gasteiger partial charge in [0.2, 0.25) is 0 Å². The summed E-state index contributed by atoms with van der Waals surface area (Å²) < 4.78 is 23.7. The van der Waals surface area contributed by atoms with Crippen LogP contribution in [0.1, 0.15) is 23.2 Å². The summed E-state index contributed by atoms with van der Waals surface area (Å²) in [5.41, 5.74) is 0.765. The van der Waals surface area contributed by atoms with Crippen LogP contribution >= 0.6 is 0 Å². The van der Waals surface area contributed by atoms with Crippen LogP contribution in [0.4, 0.5) is 10.1 Å². The molecule has 0 bridgehead atoms. The van der Waals surface area contributed by atoms with Crippen LogP contribution in [0.15, 0.2) is 48.5 Å². The Bertz CT molecular complexity index is 789. The average molecular weight is 372 g/mol. The van der Waals surface area contributed by atoms with Gasteiger partial charge in [0.05, 0.1) is 17.4 Å². The zero-order valence-electron chi connectivity index (χ0n) is 14.7. The molecule has 1 saturated heterocycles. The standard InChI is InChI=1S/C20H21FN2O4/c21-14-7-9-15(10-8-14)27-13-19(24)23-18-6-2-1-5-17(18)20(25)22-12-16-4-3-11-26-16/h1-2,5-10,16H,3-4,11-13H2,(H,22,25)(H,23,24)/t16-/m0/s1. The van der Waals surface area contributed by atoms with Gasteiger partial charge in [-0.3, -0.25) is 9.59 Å². The number of ether oxygens (including phenoxy) is 2. The largest absolute Gasteiger partial charge is 0.484 e. The van der Waals surface area contributed by atoms with Crippen molar-refractivity contribution in [2.24, 2.45) is 0 Å². The van der Waals surface area contributed by atoms with Crippen molar-refractivity contribution >= 4 is 17.5 Å². The molecule has 6 nitrogen and oxygen atoms in total. The molecule has 0 saturated carbocycles. The summed E-state index contributed by atoms with van der Waals surface area (Å²) in [5.74, 6) is -0.691. The van der Waals surface area contributed by atoms with Crippen LogP contribution in [0.25, 0.3) is 0 Å². The highest BCUT2D eigenvalue weighted by Crippen LogP contribution is 2.16. The van der Waals surface area contributed by atoms with Gasteiger partial charge in [-0.2, -0.15) is 0 Å². The number of carbonyl (C=O) groups is 2. The summed E-state index contributed by atoms with van der Waals surface area (Å²) >= 11 is 0. The number of rotatable bonds is 7. The lowest BCUT2D eigenvalue weighted by atomic mass is 10.1. The monoisotopic (exact) mass is 372 g/mol. The van der Waals surface area contributed by atoms with E-state index in [-0.39, 0.29) is 24.4 Å². The second kappa shape index (κ2) is 9.14. The number of carbonyl (C=O) groups excluding carboxylic acids is 2. The Balaban J connectivity index is 1.55. The minimum absolute atomic E-state index is 0.0415. The van der Waals surface area contributed by atoms with Gasteiger partial charge in [-0.1, -0.05) is 12.1 Å². The van der Waals surface area contributed by atoms with Gasteiger partial charge in [-0.05, 0) is 49.2 Å². The summed E-state index contributed by atoms with van der Waals surface area (Å²) in [5, 5.41) is 5.51. The van der Waals surface area contributed by atoms with Gasteiger partial charge in [0.15, 0.2) is 6.61 Å². The van der Waals surface area contributed by atoms with Crippen molar-refractivity contribution in [3.8, 4) is 5.75 Å². The highest BCUT2D eigenvalue weighted by Gasteiger charge is 2.18. The van der Waals surface area contributed by atoms with Crippen LogP contribution in [-0.4, -0.2) is 37.7 Å². The lowest BCUT2D eigenvalue weighted by Crippen LogP contribution is -2.32. The van der Waals surface area contributed by atoms with Gasteiger partial charge in [0, 0.05) is 13.2 Å². The summed E-state index contributed by atoms with van der Waals surface area (Å²) in [6.45, 7) is 0.910. The van der Waals surface area contributed by atoms with E-state index in [0.717, 1.165) is 19.4 Å². The predicted octanol–water partition coefficient (Wildman–Crippen LogP) is 2.75. The fourth-order valence-corrected chi connectivity index (χ4v) is 2.76. The van der Waals surface area contributed by atoms with E-state index >= 15 is 0 Å². The van der Waals surface area contributed by atoms with Crippen molar-refractivity contribution < 1.29 is 23.5 Å². The molecule has 0 spiro atoms. The van der Waals surface area contributed by atoms with E-state index in [4.69, 9.17) is 9.47 Å². The average Bonchev–Trinajstić information content (AvgIpc) is 3.20. The van der Waals surface area contributed by atoms with Gasteiger partial charge in [-0.25, -0.2) is 4.39 Å². The van der Waals surface area contributed by atoms with Crippen LogP contribution in [0, 0.1) is 5.82 Å². The van der Waals surface area contributed by atoms with E-state index in [1.54, 1.807) is 24.3 Å². The number of hydrogen-bond donors (Lipinski definition) is 2. The molecule has 7 heteroatoms. The smallest absolute Gasteiger partial charge is 0.262 e. The van der Waals surface area contributed by atoms with E-state index in [1.165, 1.54) is 24.3 Å². The molecule has 27 heavy (non-hydrogen) atoms. The first-order valence-electron chi connectivity index (χ1n) is 8.79. The minimum atomic E-state index is -0.418. The number of amides is 2. The molecule has 2 aromatic rings. The first-order chi connectivity index (χ1) is 13.1. The molecular formula is C20H21FN2O4. The molecule has 0 aliphatic carbocycles. The Morgan fingerprint density at radius 2 is 1.93 bits per heavy atom. The quantitative estimate of drug-likeness (QED) is 0.784. The summed E-state index contributed by atoms with van der Waals surface area (Å²) in [4.78, 5) is 24.6. The number of benzene rings is 2. The number of hydrogen-bond acceptors (Lipinski definition) is 4. The molecule has 0 aromatic heterocycles. The number of para-hydroxylation sites is 1. The topological polar surface area (TPSA) is 76.7 Å². The zero-order valence-corrected chi connectivity index (χ0v) is 14.7. The molecule has 1 aliphatic heterocycles. The van der Waals surface area contributed by atoms with Crippen molar-refractivity contribution in [2.75, 3.05) is 25.1 Å². The van der Waals surface area contributed by atoms with Gasteiger partial charge < -0.3 is 20.1 Å². The maximum atomic E-state index is 12.9. The highest BCUT2D eigenvalue weighted by atomic mass is 19.1.